The average molecular weight is 454 g/mol. The van der Waals surface area contributed by atoms with Crippen LogP contribution in [0.5, 0.6) is 5.75 Å². The number of benzene rings is 1. The summed E-state index contributed by atoms with van der Waals surface area (Å²) in [5, 5.41) is 1.23. The molecule has 2 aromatic heterocycles. The predicted octanol–water partition coefficient (Wildman–Crippen LogP) is 3.48. The molecule has 32 heavy (non-hydrogen) atoms. The highest BCUT2D eigenvalue weighted by atomic mass is 32.1. The van der Waals surface area contributed by atoms with E-state index in [1.54, 1.807) is 18.4 Å². The van der Waals surface area contributed by atoms with Gasteiger partial charge in [0.25, 0.3) is 0 Å². The molecule has 1 aromatic carbocycles. The molecular formula is C24H31N5O2S. The quantitative estimate of drug-likeness (QED) is 0.586. The first-order valence-corrected chi connectivity index (χ1v) is 12.2. The van der Waals surface area contributed by atoms with Crippen molar-refractivity contribution >= 4 is 33.1 Å². The van der Waals surface area contributed by atoms with Crippen molar-refractivity contribution in [2.45, 2.75) is 20.4 Å². The molecule has 2 aliphatic rings. The van der Waals surface area contributed by atoms with Gasteiger partial charge in [-0.25, -0.2) is 9.97 Å². The molecule has 0 amide bonds. The van der Waals surface area contributed by atoms with Gasteiger partial charge in [0, 0.05) is 44.1 Å². The maximum absolute atomic E-state index is 5.59. The number of fused-ring (bicyclic) bond motifs is 1. The number of para-hydroxylation sites is 2. The first-order valence-electron chi connectivity index (χ1n) is 11.3. The molecule has 0 aliphatic carbocycles. The summed E-state index contributed by atoms with van der Waals surface area (Å²) >= 11 is 1.79. The maximum Gasteiger partial charge on any atom is 0.146 e. The number of hydrogen-bond donors (Lipinski definition) is 0. The minimum absolute atomic E-state index is 0.781. The molecule has 4 heterocycles. The van der Waals surface area contributed by atoms with Crippen molar-refractivity contribution in [3.8, 4) is 5.75 Å². The Bertz CT molecular complexity index is 1090. The monoisotopic (exact) mass is 453 g/mol. The standard InChI is InChI=1S/C24H31N5O2S/c1-17-18(2)32-24-22(17)23(25-21(26-24)16-27-12-14-31-15-13-27)29-10-8-28(9-11-29)19-6-4-5-7-20(19)30-3/h4-7H,8-16H2,1-3H3. The number of nitrogens with zero attached hydrogens (tertiary/aromatic N) is 5. The largest absolute Gasteiger partial charge is 0.495 e. The molecule has 0 unspecified atom stereocenters. The first-order chi connectivity index (χ1) is 15.6. The zero-order valence-corrected chi connectivity index (χ0v) is 20.0. The van der Waals surface area contributed by atoms with E-state index in [0.717, 1.165) is 86.9 Å². The van der Waals surface area contributed by atoms with Gasteiger partial charge in [0.2, 0.25) is 0 Å². The van der Waals surface area contributed by atoms with Gasteiger partial charge < -0.3 is 19.3 Å². The molecule has 0 spiro atoms. The normalized spacial score (nSPS) is 17.8. The predicted molar refractivity (Wildman–Crippen MR) is 130 cm³/mol. The highest BCUT2D eigenvalue weighted by Gasteiger charge is 2.25. The first kappa shape index (κ1) is 21.4. The highest BCUT2D eigenvalue weighted by Crippen LogP contribution is 2.36. The molecule has 5 rings (SSSR count). The van der Waals surface area contributed by atoms with Gasteiger partial charge in [0.1, 0.15) is 22.2 Å². The van der Waals surface area contributed by atoms with Gasteiger partial charge in [-0.1, -0.05) is 12.1 Å². The van der Waals surface area contributed by atoms with Crippen molar-refractivity contribution in [1.82, 2.24) is 14.9 Å². The second kappa shape index (κ2) is 9.21. The molecule has 0 radical (unpaired) electrons. The van der Waals surface area contributed by atoms with E-state index in [1.807, 2.05) is 12.1 Å². The number of aromatic nitrogens is 2. The number of methoxy groups -OCH3 is 1. The zero-order chi connectivity index (χ0) is 22.1. The number of aryl methyl sites for hydroxylation is 2. The number of ether oxygens (including phenoxy) is 2. The molecule has 8 heteroatoms. The van der Waals surface area contributed by atoms with Gasteiger partial charge in [-0.15, -0.1) is 11.3 Å². The number of anilines is 2. The lowest BCUT2D eigenvalue weighted by Gasteiger charge is -2.37. The van der Waals surface area contributed by atoms with Crippen molar-refractivity contribution in [3.05, 3.63) is 40.5 Å². The number of hydrogen-bond acceptors (Lipinski definition) is 8. The van der Waals surface area contributed by atoms with E-state index in [-0.39, 0.29) is 0 Å². The van der Waals surface area contributed by atoms with Crippen molar-refractivity contribution in [3.63, 3.8) is 0 Å². The summed E-state index contributed by atoms with van der Waals surface area (Å²) in [5.41, 5.74) is 2.48. The minimum atomic E-state index is 0.781. The molecule has 7 nitrogen and oxygen atoms in total. The molecular weight excluding hydrogens is 422 g/mol. The lowest BCUT2D eigenvalue weighted by Crippen LogP contribution is -2.47. The summed E-state index contributed by atoms with van der Waals surface area (Å²) in [6.07, 6.45) is 0. The van der Waals surface area contributed by atoms with E-state index in [9.17, 15) is 0 Å². The molecule has 2 fully saturated rings. The lowest BCUT2D eigenvalue weighted by atomic mass is 10.1. The number of thiophene rings is 1. The van der Waals surface area contributed by atoms with Crippen molar-refractivity contribution in [2.75, 3.05) is 69.4 Å². The van der Waals surface area contributed by atoms with Crippen molar-refractivity contribution < 1.29 is 9.47 Å². The fourth-order valence-corrected chi connectivity index (χ4v) is 5.62. The Morgan fingerprint density at radius 3 is 2.44 bits per heavy atom. The smallest absolute Gasteiger partial charge is 0.146 e. The van der Waals surface area contributed by atoms with Crippen LogP contribution in [0.15, 0.2) is 24.3 Å². The third kappa shape index (κ3) is 4.14. The average Bonchev–Trinajstić information content (AvgIpc) is 3.12. The van der Waals surface area contributed by atoms with Crippen molar-refractivity contribution in [2.24, 2.45) is 0 Å². The van der Waals surface area contributed by atoms with Gasteiger partial charge in [-0.2, -0.15) is 0 Å². The summed E-state index contributed by atoms with van der Waals surface area (Å²) < 4.78 is 11.1. The van der Waals surface area contributed by atoms with E-state index >= 15 is 0 Å². The molecule has 0 N–H and O–H groups in total. The van der Waals surface area contributed by atoms with E-state index < -0.39 is 0 Å². The van der Waals surface area contributed by atoms with Gasteiger partial charge in [0.15, 0.2) is 0 Å². The summed E-state index contributed by atoms with van der Waals surface area (Å²) in [6.45, 7) is 12.4. The van der Waals surface area contributed by atoms with Crippen molar-refractivity contribution in [1.29, 1.82) is 0 Å². The zero-order valence-electron chi connectivity index (χ0n) is 19.1. The Hall–Kier alpha value is -2.42. The van der Waals surface area contributed by atoms with Gasteiger partial charge >= 0.3 is 0 Å². The second-order valence-corrected chi connectivity index (χ2v) is 9.66. The van der Waals surface area contributed by atoms with Gasteiger partial charge in [-0.3, -0.25) is 4.90 Å². The third-order valence-corrected chi connectivity index (χ3v) is 7.63. The second-order valence-electron chi connectivity index (χ2n) is 8.46. The highest BCUT2D eigenvalue weighted by molar-refractivity contribution is 7.18. The maximum atomic E-state index is 5.59. The number of piperazine rings is 1. The molecule has 0 saturated carbocycles. The Labute approximate surface area is 193 Å². The number of rotatable bonds is 5. The van der Waals surface area contributed by atoms with Crippen LogP contribution in [0.3, 0.4) is 0 Å². The van der Waals surface area contributed by atoms with E-state index in [2.05, 4.69) is 40.7 Å². The Morgan fingerprint density at radius 1 is 0.969 bits per heavy atom. The summed E-state index contributed by atoms with van der Waals surface area (Å²) in [5.74, 6) is 2.95. The van der Waals surface area contributed by atoms with Crippen LogP contribution in [-0.4, -0.2) is 74.5 Å². The van der Waals surface area contributed by atoms with Crippen LogP contribution in [0.25, 0.3) is 10.2 Å². The van der Waals surface area contributed by atoms with Gasteiger partial charge in [-0.05, 0) is 31.5 Å². The van der Waals surface area contributed by atoms with Crippen LogP contribution in [-0.2, 0) is 11.3 Å². The topological polar surface area (TPSA) is 54.0 Å². The Morgan fingerprint density at radius 2 is 1.69 bits per heavy atom. The van der Waals surface area contributed by atoms with Crippen LogP contribution < -0.4 is 14.5 Å². The Balaban J connectivity index is 1.41. The summed E-state index contributed by atoms with van der Waals surface area (Å²) in [7, 11) is 1.74. The molecule has 170 valence electrons. The van der Waals surface area contributed by atoms with Crippen LogP contribution in [0, 0.1) is 13.8 Å². The third-order valence-electron chi connectivity index (χ3n) is 6.53. The van der Waals surface area contributed by atoms with Crippen LogP contribution in [0.2, 0.25) is 0 Å². The molecule has 2 saturated heterocycles. The SMILES string of the molecule is COc1ccccc1N1CCN(c2nc(CN3CCOCC3)nc3sc(C)c(C)c23)CC1. The van der Waals surface area contributed by atoms with E-state index in [0.29, 0.717) is 0 Å². The van der Waals surface area contributed by atoms with Crippen LogP contribution in [0.1, 0.15) is 16.3 Å². The Kier molecular flexibility index (Phi) is 6.17. The molecule has 0 atom stereocenters. The summed E-state index contributed by atoms with van der Waals surface area (Å²) in [4.78, 5) is 19.8. The van der Waals surface area contributed by atoms with Crippen LogP contribution in [0.4, 0.5) is 11.5 Å². The van der Waals surface area contributed by atoms with E-state index in [1.165, 1.54) is 15.8 Å². The van der Waals surface area contributed by atoms with Crippen LogP contribution >= 0.6 is 11.3 Å². The van der Waals surface area contributed by atoms with Gasteiger partial charge in [0.05, 0.1) is 37.9 Å². The fraction of sp³-hybridized carbons (Fsp3) is 0.500. The van der Waals surface area contributed by atoms with E-state index in [4.69, 9.17) is 19.4 Å². The fourth-order valence-electron chi connectivity index (χ4n) is 4.58. The minimum Gasteiger partial charge on any atom is -0.495 e. The lowest BCUT2D eigenvalue weighted by molar-refractivity contribution is 0.0331. The summed E-state index contributed by atoms with van der Waals surface area (Å²) in [6, 6.07) is 8.27. The molecule has 3 aromatic rings. The molecule has 0 bridgehead atoms. The number of morpholine rings is 1. The molecule has 2 aliphatic heterocycles.